The molecule has 568 valence electrons. The van der Waals surface area contributed by atoms with E-state index < -0.39 is 76.4 Å². The van der Waals surface area contributed by atoms with E-state index in [9.17, 15) is 57.8 Å². The van der Waals surface area contributed by atoms with Crippen LogP contribution in [0.1, 0.15) is 214 Å². The standard InChI is InChI=1S/C86H105N7O14/c1-54(2)79(92-76(99)39-46-106-45-12-19-65(94)33-37-77(100)93-52-62-17-8-7-15-57(62)25-26-60-16-9-10-20-69(60)93)71(96)49-61(18-11-44-89-81(88)104)80(103)90-64-31-22-55(23-32-64)53-107-82(105)91-68(34-38-78(101)102)70(95)48-56-21-24-58-28-35-72-83(3,66(58)47-56)40-13-42-85(72,5)74(97)51-75(98)86(6)43-14-41-84(4)67-50-63(87)30-27-59(67)29-36-73(84)86/h7-10,15-17,20-24,27,30-32,47,50,54,61,68,72-73,79H,11-14,18-19,28-29,33-46,48-49,51-53,87H2,1-6H3,(H,90,103)(H,91,105)(H,92,99)(H,101,102)(H3,88,89,104)/t61-,68+,72-,73-,79+,83-,84-,85+,86+/m1/s1. The Morgan fingerprint density at radius 3 is 1.93 bits per heavy atom. The molecule has 107 heavy (non-hydrogen) atoms. The molecule has 0 aromatic heterocycles. The van der Waals surface area contributed by atoms with Gasteiger partial charge in [-0.25, -0.2) is 9.59 Å². The van der Waals surface area contributed by atoms with Crippen LogP contribution < -0.4 is 37.6 Å². The van der Waals surface area contributed by atoms with Crippen molar-refractivity contribution < 1.29 is 67.3 Å². The van der Waals surface area contributed by atoms with Crippen molar-refractivity contribution in [3.8, 4) is 11.8 Å². The molecule has 5 aliphatic rings. The molecule has 9 atom stereocenters. The van der Waals surface area contributed by atoms with Gasteiger partial charge in [0.15, 0.2) is 11.6 Å². The summed E-state index contributed by atoms with van der Waals surface area (Å²) in [6.07, 6.45) is 7.23. The van der Waals surface area contributed by atoms with Crippen molar-refractivity contribution in [2.45, 2.75) is 219 Å². The molecule has 2 fully saturated rings. The Labute approximate surface area is 628 Å². The van der Waals surface area contributed by atoms with Crippen LogP contribution in [0.3, 0.4) is 0 Å². The number of anilines is 3. The number of hydrogen-bond acceptors (Lipinski definition) is 14. The molecule has 21 nitrogen and oxygen atoms in total. The lowest BCUT2D eigenvalue weighted by Crippen LogP contribution is -2.55. The zero-order valence-electron chi connectivity index (χ0n) is 62.8. The number of carboxylic acid groups (broad SMARTS) is 1. The second kappa shape index (κ2) is 35.3. The van der Waals surface area contributed by atoms with Gasteiger partial charge in [-0.1, -0.05) is 133 Å². The normalized spacial score (nSPS) is 21.8. The fourth-order valence-corrected chi connectivity index (χ4v) is 18.0. The summed E-state index contributed by atoms with van der Waals surface area (Å²) >= 11 is 0. The number of carbonyl (C=O) groups excluding carboxylic acids is 10. The van der Waals surface area contributed by atoms with E-state index in [-0.39, 0.29) is 136 Å². The van der Waals surface area contributed by atoms with Crippen LogP contribution in [-0.4, -0.2) is 102 Å². The van der Waals surface area contributed by atoms with E-state index >= 15 is 0 Å². The summed E-state index contributed by atoms with van der Waals surface area (Å²) in [6.45, 7) is 12.7. The predicted octanol–water partition coefficient (Wildman–Crippen LogP) is 12.4. The SMILES string of the molecule is CC(C)[C@H](NC(=O)CCOCCCC(=O)CCC(=O)N1Cc2ccccc2C#Cc2ccccc21)C(=O)C[C@@H](CCCNC(N)=O)C(=O)Nc1ccc(COC(=O)N[C@@H](CCC(=O)O)C(=O)Cc2ccc3c(c2)[C@@]2(C)CCC[C@](C)(C(=O)CC(=O)[C@@]4(C)CCC[C@]5(C)c6cc(N)ccc6CC[C@@H]45)[C@@H]2CC3)cc1. The van der Waals surface area contributed by atoms with Gasteiger partial charge >= 0.3 is 18.1 Å². The summed E-state index contributed by atoms with van der Waals surface area (Å²) in [4.78, 5) is 151. The highest BCUT2D eigenvalue weighted by molar-refractivity contribution is 6.05. The smallest absolute Gasteiger partial charge is 0.408 e. The maximum Gasteiger partial charge on any atom is 0.408 e. The molecule has 9 N–H and O–H groups in total. The fraction of sp³-hybridized carbons (Fsp3) is 0.500. The molecule has 10 rings (SSSR count). The summed E-state index contributed by atoms with van der Waals surface area (Å²) in [6, 6.07) is 30.8. The lowest BCUT2D eigenvalue weighted by molar-refractivity contribution is -0.146. The fourth-order valence-electron chi connectivity index (χ4n) is 18.0. The number of Topliss-reactive ketones (excluding diaryl/α,β-unsaturated/α-hetero) is 5. The molecule has 2 saturated carbocycles. The van der Waals surface area contributed by atoms with Gasteiger partial charge in [0.1, 0.15) is 24.0 Å². The zero-order valence-corrected chi connectivity index (χ0v) is 62.8. The van der Waals surface area contributed by atoms with Crippen LogP contribution in [0.15, 0.2) is 109 Å². The number of carbonyl (C=O) groups is 11. The Hall–Kier alpha value is -9.81. The molecule has 0 spiro atoms. The highest BCUT2D eigenvalue weighted by Gasteiger charge is 2.58. The number of para-hydroxylation sites is 1. The average Bonchev–Trinajstić information content (AvgIpc) is 0.723. The van der Waals surface area contributed by atoms with Crippen LogP contribution in [-0.2, 0) is 95.9 Å². The third-order valence-electron chi connectivity index (χ3n) is 23.9. The lowest BCUT2D eigenvalue weighted by Gasteiger charge is -2.56. The van der Waals surface area contributed by atoms with Gasteiger partial charge in [-0.15, -0.1) is 0 Å². The number of ether oxygens (including phenoxy) is 2. The van der Waals surface area contributed by atoms with Gasteiger partial charge in [0.2, 0.25) is 17.7 Å². The van der Waals surface area contributed by atoms with Crippen LogP contribution in [0.2, 0.25) is 0 Å². The minimum atomic E-state index is -1.21. The minimum Gasteiger partial charge on any atom is -0.481 e. The third kappa shape index (κ3) is 19.3. The lowest BCUT2D eigenvalue weighted by atomic mass is 9.47. The van der Waals surface area contributed by atoms with E-state index in [0.717, 1.165) is 91.3 Å². The van der Waals surface area contributed by atoms with Gasteiger partial charge in [-0.05, 0) is 187 Å². The number of benzene rings is 5. The number of primary amides is 1. The Balaban J connectivity index is 0.679. The van der Waals surface area contributed by atoms with Crippen molar-refractivity contribution in [3.63, 3.8) is 0 Å². The first-order valence-electron chi connectivity index (χ1n) is 38.2. The molecule has 0 unspecified atom stereocenters. The third-order valence-corrected chi connectivity index (χ3v) is 23.9. The number of hydrogen-bond donors (Lipinski definition) is 7. The number of fused-ring (bicyclic) bond motifs is 8. The zero-order chi connectivity index (χ0) is 76.8. The first-order valence-corrected chi connectivity index (χ1v) is 38.2. The van der Waals surface area contributed by atoms with E-state index in [1.807, 2.05) is 72.8 Å². The van der Waals surface area contributed by atoms with Crippen LogP contribution >= 0.6 is 0 Å². The molecule has 0 saturated heterocycles. The number of urea groups is 1. The molecule has 6 amide bonds. The van der Waals surface area contributed by atoms with Crippen LogP contribution in [0.25, 0.3) is 0 Å². The van der Waals surface area contributed by atoms with Crippen molar-refractivity contribution in [3.05, 3.63) is 159 Å². The molecule has 0 bridgehead atoms. The van der Waals surface area contributed by atoms with E-state index in [1.165, 1.54) is 11.1 Å². The van der Waals surface area contributed by atoms with E-state index in [4.69, 9.17) is 20.9 Å². The Bertz CT molecular complexity index is 4250. The summed E-state index contributed by atoms with van der Waals surface area (Å²) in [5.41, 5.74) is 19.8. The van der Waals surface area contributed by atoms with Crippen LogP contribution in [0, 0.1) is 46.3 Å². The highest BCUT2D eigenvalue weighted by atomic mass is 16.5. The monoisotopic (exact) mass is 1460 g/mol. The van der Waals surface area contributed by atoms with Gasteiger partial charge in [-0.2, -0.15) is 0 Å². The molecule has 1 heterocycles. The molecule has 21 heteroatoms. The molecular formula is C86H105N7O14. The minimum absolute atomic E-state index is 0.00577. The van der Waals surface area contributed by atoms with Crippen LogP contribution in [0.5, 0.6) is 0 Å². The number of carboxylic acids is 1. The van der Waals surface area contributed by atoms with Gasteiger partial charge in [0, 0.05) is 97.3 Å². The molecule has 1 aliphatic heterocycles. The van der Waals surface area contributed by atoms with Gasteiger partial charge in [0.25, 0.3) is 0 Å². The average molecular weight is 1460 g/mol. The summed E-state index contributed by atoms with van der Waals surface area (Å²) < 4.78 is 11.3. The summed E-state index contributed by atoms with van der Waals surface area (Å²) in [7, 11) is 0. The van der Waals surface area contributed by atoms with Crippen molar-refractivity contribution >= 4 is 81.8 Å². The number of rotatable bonds is 34. The van der Waals surface area contributed by atoms with Gasteiger partial charge in [-0.3, -0.25) is 43.2 Å². The van der Waals surface area contributed by atoms with Crippen molar-refractivity contribution in [2.75, 3.05) is 35.7 Å². The largest absolute Gasteiger partial charge is 0.481 e. The number of aliphatic carboxylic acids is 1. The van der Waals surface area contributed by atoms with Crippen molar-refractivity contribution in [2.24, 2.45) is 40.2 Å². The summed E-state index contributed by atoms with van der Waals surface area (Å²) in [5.74, 6) is 2.07. The van der Waals surface area contributed by atoms with E-state index in [2.05, 4.69) is 72.9 Å². The molecule has 4 aliphatic carbocycles. The number of nitrogen functional groups attached to an aromatic ring is 1. The molecule has 0 radical (unpaired) electrons. The summed E-state index contributed by atoms with van der Waals surface area (Å²) in [5, 5.41) is 20.5. The molecule has 5 aromatic rings. The Kier molecular flexibility index (Phi) is 26.3. The maximum atomic E-state index is 15.0. The van der Waals surface area contributed by atoms with E-state index in [0.29, 0.717) is 48.3 Å². The number of nitrogens with zero attached hydrogens (tertiary/aromatic N) is 1. The second-order valence-electron chi connectivity index (χ2n) is 31.5. The van der Waals surface area contributed by atoms with Crippen molar-refractivity contribution in [1.29, 1.82) is 0 Å². The number of ketones is 5. The number of amides is 6. The number of nitrogens with one attached hydrogen (secondary N) is 4. The molecule has 5 aromatic carbocycles. The van der Waals surface area contributed by atoms with Gasteiger partial charge < -0.3 is 52.2 Å². The van der Waals surface area contributed by atoms with E-state index in [1.54, 1.807) is 43.0 Å². The number of aryl methyl sites for hydroxylation is 2. The highest BCUT2D eigenvalue weighted by Crippen LogP contribution is 2.61. The number of nitrogens with two attached hydrogens (primary N) is 2. The Morgan fingerprint density at radius 1 is 0.645 bits per heavy atom. The first-order chi connectivity index (χ1) is 51.1. The maximum absolute atomic E-state index is 15.0. The second-order valence-corrected chi connectivity index (χ2v) is 31.5. The van der Waals surface area contributed by atoms with Gasteiger partial charge in [0.05, 0.1) is 37.3 Å². The quantitative estimate of drug-likeness (QED) is 0.00871. The van der Waals surface area contributed by atoms with Crippen molar-refractivity contribution in [1.82, 2.24) is 16.0 Å². The number of alkyl carbamates (subject to hydrolysis) is 1. The topological polar surface area (TPSA) is 330 Å². The first kappa shape index (κ1) is 79.7. The Morgan fingerprint density at radius 2 is 1.27 bits per heavy atom. The predicted molar refractivity (Wildman–Crippen MR) is 408 cm³/mol. The molecular weight excluding hydrogens is 1350 g/mol. The van der Waals surface area contributed by atoms with Crippen LogP contribution in [0.4, 0.5) is 26.7 Å².